The molecule has 1 aromatic rings. The van der Waals surface area contributed by atoms with E-state index in [1.807, 2.05) is 0 Å². The van der Waals surface area contributed by atoms with Crippen LogP contribution in [0.3, 0.4) is 0 Å². The zero-order valence-electron chi connectivity index (χ0n) is 14.4. The molecule has 0 radical (unpaired) electrons. The second-order valence-corrected chi connectivity index (χ2v) is 7.94. The normalized spacial score (nSPS) is 26.8. The smallest absolute Gasteiger partial charge is 0.00956 e. The van der Waals surface area contributed by atoms with Gasteiger partial charge < -0.3 is 5.32 Å². The van der Waals surface area contributed by atoms with Crippen LogP contribution in [0.1, 0.15) is 71.3 Å². The first-order valence-corrected chi connectivity index (χ1v) is 8.78. The van der Waals surface area contributed by atoms with Gasteiger partial charge >= 0.3 is 0 Å². The highest BCUT2D eigenvalue weighted by Gasteiger charge is 2.31. The molecule has 0 heterocycles. The van der Waals surface area contributed by atoms with E-state index < -0.39 is 0 Å². The predicted octanol–water partition coefficient (Wildman–Crippen LogP) is 5.37. The lowest BCUT2D eigenvalue weighted by atomic mass is 9.72. The van der Waals surface area contributed by atoms with Gasteiger partial charge in [0, 0.05) is 6.04 Å². The largest absolute Gasteiger partial charge is 0.314 e. The summed E-state index contributed by atoms with van der Waals surface area (Å²) in [5, 5.41) is 3.74. The van der Waals surface area contributed by atoms with E-state index in [1.165, 1.54) is 32.1 Å². The lowest BCUT2D eigenvalue weighted by molar-refractivity contribution is 0.204. The Morgan fingerprint density at radius 2 is 1.81 bits per heavy atom. The molecule has 0 aromatic heterocycles. The molecule has 1 aliphatic carbocycles. The molecule has 0 bridgehead atoms. The molecule has 0 spiro atoms. The molecule has 1 saturated carbocycles. The van der Waals surface area contributed by atoms with Crippen molar-refractivity contribution in [2.45, 2.75) is 71.8 Å². The molecular formula is C20H33N. The Hall–Kier alpha value is -0.820. The monoisotopic (exact) mass is 287 g/mol. The van der Waals surface area contributed by atoms with Crippen LogP contribution in [0.15, 0.2) is 30.3 Å². The molecule has 1 heteroatoms. The minimum absolute atomic E-state index is 0.455. The second kappa shape index (κ2) is 7.45. The van der Waals surface area contributed by atoms with Crippen molar-refractivity contribution < 1.29 is 0 Å². The van der Waals surface area contributed by atoms with Crippen LogP contribution in [-0.4, -0.2) is 12.6 Å². The molecule has 3 atom stereocenters. The third kappa shape index (κ3) is 5.14. The maximum Gasteiger partial charge on any atom is 0.00956 e. The van der Waals surface area contributed by atoms with Gasteiger partial charge in [-0.1, -0.05) is 58.0 Å². The van der Waals surface area contributed by atoms with Crippen LogP contribution in [0.25, 0.3) is 0 Å². The summed E-state index contributed by atoms with van der Waals surface area (Å²) >= 11 is 0. The Labute approximate surface area is 131 Å². The zero-order valence-corrected chi connectivity index (χ0v) is 14.4. The van der Waals surface area contributed by atoms with Crippen molar-refractivity contribution in [2.75, 3.05) is 6.54 Å². The maximum absolute atomic E-state index is 3.74. The maximum atomic E-state index is 3.74. The summed E-state index contributed by atoms with van der Waals surface area (Å²) in [5.74, 6) is 1.61. The van der Waals surface area contributed by atoms with E-state index in [9.17, 15) is 0 Å². The van der Waals surface area contributed by atoms with Crippen molar-refractivity contribution in [3.05, 3.63) is 35.9 Å². The summed E-state index contributed by atoms with van der Waals surface area (Å²) in [7, 11) is 0. The highest BCUT2D eigenvalue weighted by Crippen LogP contribution is 2.39. The van der Waals surface area contributed by atoms with Crippen molar-refractivity contribution in [1.29, 1.82) is 0 Å². The molecular weight excluding hydrogens is 254 g/mol. The molecule has 1 aromatic carbocycles. The number of benzene rings is 1. The first-order valence-electron chi connectivity index (χ1n) is 8.78. The summed E-state index contributed by atoms with van der Waals surface area (Å²) in [6.45, 7) is 10.4. The van der Waals surface area contributed by atoms with Gasteiger partial charge in [0.05, 0.1) is 0 Å². The average Bonchev–Trinajstić information content (AvgIpc) is 2.46. The van der Waals surface area contributed by atoms with Gasteiger partial charge in [-0.15, -0.1) is 0 Å². The number of nitrogens with one attached hydrogen (secondary N) is 1. The van der Waals surface area contributed by atoms with Gasteiger partial charge in [-0.3, -0.25) is 0 Å². The van der Waals surface area contributed by atoms with Gasteiger partial charge in [0.1, 0.15) is 0 Å². The highest BCUT2D eigenvalue weighted by molar-refractivity contribution is 5.20. The summed E-state index contributed by atoms with van der Waals surface area (Å²) < 4.78 is 0. The average molecular weight is 287 g/mol. The molecule has 1 fully saturated rings. The number of rotatable bonds is 5. The van der Waals surface area contributed by atoms with Crippen molar-refractivity contribution in [3.63, 3.8) is 0 Å². The molecule has 0 amide bonds. The lowest BCUT2D eigenvalue weighted by Gasteiger charge is -2.38. The van der Waals surface area contributed by atoms with Crippen molar-refractivity contribution >= 4 is 0 Å². The fourth-order valence-electron chi connectivity index (χ4n) is 3.76. The first-order chi connectivity index (χ1) is 9.99. The first kappa shape index (κ1) is 16.5. The lowest BCUT2D eigenvalue weighted by Crippen LogP contribution is -2.40. The third-order valence-electron chi connectivity index (χ3n) is 4.98. The Morgan fingerprint density at radius 3 is 2.43 bits per heavy atom. The van der Waals surface area contributed by atoms with Crippen LogP contribution in [0.2, 0.25) is 0 Å². The number of hydrogen-bond acceptors (Lipinski definition) is 1. The van der Waals surface area contributed by atoms with Gasteiger partial charge in [0.15, 0.2) is 0 Å². The molecule has 0 aliphatic heterocycles. The SMILES string of the molecule is CCNC1CCC(c2ccccc2)CC1CCC(C)(C)C. The van der Waals surface area contributed by atoms with Gasteiger partial charge in [-0.2, -0.15) is 0 Å². The Bertz CT molecular complexity index is 404. The van der Waals surface area contributed by atoms with Gasteiger partial charge in [-0.05, 0) is 61.5 Å². The Morgan fingerprint density at radius 1 is 1.10 bits per heavy atom. The number of hydrogen-bond donors (Lipinski definition) is 1. The minimum atomic E-state index is 0.455. The Balaban J connectivity index is 2.01. The topological polar surface area (TPSA) is 12.0 Å². The summed E-state index contributed by atoms with van der Waals surface area (Å²) in [6, 6.07) is 11.9. The van der Waals surface area contributed by atoms with E-state index >= 15 is 0 Å². The standard InChI is InChI=1S/C20H33N/c1-5-21-19-12-11-17(16-9-7-6-8-10-16)15-18(19)13-14-20(2,3)4/h6-10,17-19,21H,5,11-15H2,1-4H3. The summed E-state index contributed by atoms with van der Waals surface area (Å²) in [5.41, 5.74) is 2.00. The summed E-state index contributed by atoms with van der Waals surface area (Å²) in [4.78, 5) is 0. The molecule has 3 unspecified atom stereocenters. The molecule has 0 saturated heterocycles. The summed E-state index contributed by atoms with van der Waals surface area (Å²) in [6.07, 6.45) is 6.74. The highest BCUT2D eigenvalue weighted by atomic mass is 14.9. The van der Waals surface area contributed by atoms with Crippen LogP contribution in [-0.2, 0) is 0 Å². The van der Waals surface area contributed by atoms with Crippen LogP contribution in [0, 0.1) is 11.3 Å². The minimum Gasteiger partial charge on any atom is -0.314 e. The van der Waals surface area contributed by atoms with Gasteiger partial charge in [-0.25, -0.2) is 0 Å². The zero-order chi connectivity index (χ0) is 15.3. The Kier molecular flexibility index (Phi) is 5.87. The quantitative estimate of drug-likeness (QED) is 0.767. The molecule has 1 nitrogen and oxygen atoms in total. The van der Waals surface area contributed by atoms with E-state index in [0.717, 1.165) is 24.4 Å². The molecule has 1 aliphatic rings. The van der Waals surface area contributed by atoms with Crippen LogP contribution >= 0.6 is 0 Å². The molecule has 1 N–H and O–H groups in total. The second-order valence-electron chi connectivity index (χ2n) is 7.94. The predicted molar refractivity (Wildman–Crippen MR) is 92.7 cm³/mol. The van der Waals surface area contributed by atoms with Crippen LogP contribution < -0.4 is 5.32 Å². The molecule has 2 rings (SSSR count). The van der Waals surface area contributed by atoms with Crippen LogP contribution in [0.4, 0.5) is 0 Å². The van der Waals surface area contributed by atoms with Crippen molar-refractivity contribution in [2.24, 2.45) is 11.3 Å². The van der Waals surface area contributed by atoms with Crippen LogP contribution in [0.5, 0.6) is 0 Å². The van der Waals surface area contributed by atoms with E-state index in [0.29, 0.717) is 5.41 Å². The van der Waals surface area contributed by atoms with Gasteiger partial charge in [0.25, 0.3) is 0 Å². The van der Waals surface area contributed by atoms with Crippen molar-refractivity contribution in [3.8, 4) is 0 Å². The van der Waals surface area contributed by atoms with Gasteiger partial charge in [0.2, 0.25) is 0 Å². The van der Waals surface area contributed by atoms with E-state index in [4.69, 9.17) is 0 Å². The molecule has 118 valence electrons. The fourth-order valence-corrected chi connectivity index (χ4v) is 3.76. The van der Waals surface area contributed by atoms with Crippen molar-refractivity contribution in [1.82, 2.24) is 5.32 Å². The van der Waals surface area contributed by atoms with E-state index in [2.05, 4.69) is 63.3 Å². The fraction of sp³-hybridized carbons (Fsp3) is 0.700. The third-order valence-corrected chi connectivity index (χ3v) is 4.98. The molecule has 21 heavy (non-hydrogen) atoms. The van der Waals surface area contributed by atoms with E-state index in [1.54, 1.807) is 5.56 Å². The van der Waals surface area contributed by atoms with E-state index in [-0.39, 0.29) is 0 Å².